The Labute approximate surface area is 225 Å². The lowest BCUT2D eigenvalue weighted by Gasteiger charge is -2.31. The van der Waals surface area contributed by atoms with E-state index in [0.717, 1.165) is 63.0 Å². The van der Waals surface area contributed by atoms with E-state index < -0.39 is 0 Å². The van der Waals surface area contributed by atoms with Crippen LogP contribution in [0.5, 0.6) is 5.75 Å². The van der Waals surface area contributed by atoms with Gasteiger partial charge in [0.15, 0.2) is 0 Å². The number of aromatic hydroxyl groups is 1. The van der Waals surface area contributed by atoms with Gasteiger partial charge in [0.05, 0.1) is 25.6 Å². The SMILES string of the molecule is CCN(CC)c1ccc(C=C2CCC(C=NN=Cc3c(O)ccc4ccccc34)=C2N2CCOCC2)cc1. The molecule has 6 nitrogen and oxygen atoms in total. The van der Waals surface area contributed by atoms with Crippen molar-refractivity contribution < 1.29 is 9.84 Å². The highest BCUT2D eigenvalue weighted by Gasteiger charge is 2.25. The van der Waals surface area contributed by atoms with Gasteiger partial charge in [-0.2, -0.15) is 10.2 Å². The smallest absolute Gasteiger partial charge is 0.125 e. The molecule has 0 unspecified atom stereocenters. The third kappa shape index (κ3) is 5.65. The van der Waals surface area contributed by atoms with Gasteiger partial charge in [-0.05, 0) is 78.4 Å². The molecule has 6 heteroatoms. The number of hydrogen-bond acceptors (Lipinski definition) is 6. The molecule has 0 spiro atoms. The van der Waals surface area contributed by atoms with Crippen LogP contribution >= 0.6 is 0 Å². The maximum atomic E-state index is 10.4. The summed E-state index contributed by atoms with van der Waals surface area (Å²) in [6.45, 7) is 9.61. The van der Waals surface area contributed by atoms with Gasteiger partial charge in [-0.25, -0.2) is 0 Å². The highest BCUT2D eigenvalue weighted by molar-refractivity contribution is 6.02. The molecule has 3 aromatic rings. The Bertz CT molecular complexity index is 1380. The quantitative estimate of drug-likeness (QED) is 0.288. The average Bonchev–Trinajstić information content (AvgIpc) is 3.36. The lowest BCUT2D eigenvalue weighted by molar-refractivity contribution is 0.0548. The van der Waals surface area contributed by atoms with Crippen LogP contribution in [0.25, 0.3) is 16.8 Å². The number of rotatable bonds is 8. The number of anilines is 1. The van der Waals surface area contributed by atoms with Gasteiger partial charge >= 0.3 is 0 Å². The summed E-state index contributed by atoms with van der Waals surface area (Å²) in [5, 5.41) is 21.2. The number of nitrogens with zero attached hydrogens (tertiary/aromatic N) is 4. The van der Waals surface area contributed by atoms with E-state index >= 15 is 0 Å². The summed E-state index contributed by atoms with van der Waals surface area (Å²) in [5.74, 6) is 0.203. The normalized spacial score (nSPS) is 17.5. The van der Waals surface area contributed by atoms with Crippen molar-refractivity contribution >= 4 is 35.0 Å². The molecular weight excluding hydrogens is 472 g/mol. The zero-order valence-corrected chi connectivity index (χ0v) is 22.3. The first-order valence-electron chi connectivity index (χ1n) is 13.6. The summed E-state index contributed by atoms with van der Waals surface area (Å²) in [7, 11) is 0. The molecule has 2 aliphatic rings. The average molecular weight is 509 g/mol. The first-order valence-corrected chi connectivity index (χ1v) is 13.6. The second-order valence-electron chi connectivity index (χ2n) is 9.62. The molecule has 5 rings (SSSR count). The number of morpholine rings is 1. The molecule has 0 radical (unpaired) electrons. The Balaban J connectivity index is 1.42. The lowest BCUT2D eigenvalue weighted by Crippen LogP contribution is -2.36. The third-order valence-corrected chi connectivity index (χ3v) is 7.38. The van der Waals surface area contributed by atoms with Crippen LogP contribution in [0, 0.1) is 0 Å². The van der Waals surface area contributed by atoms with Crippen LogP contribution in [0.15, 0.2) is 87.7 Å². The molecule has 3 aromatic carbocycles. The number of phenolic OH excluding ortho intramolecular Hbond substituents is 1. The van der Waals surface area contributed by atoms with Crippen molar-refractivity contribution in [3.8, 4) is 5.75 Å². The third-order valence-electron chi connectivity index (χ3n) is 7.38. The maximum absolute atomic E-state index is 10.4. The summed E-state index contributed by atoms with van der Waals surface area (Å²) in [5.41, 5.74) is 6.94. The predicted octanol–water partition coefficient (Wildman–Crippen LogP) is 6.26. The van der Waals surface area contributed by atoms with Crippen molar-refractivity contribution in [1.82, 2.24) is 4.90 Å². The van der Waals surface area contributed by atoms with Crippen molar-refractivity contribution in [3.05, 3.63) is 88.6 Å². The summed E-state index contributed by atoms with van der Waals surface area (Å²) in [4.78, 5) is 4.78. The van der Waals surface area contributed by atoms with Gasteiger partial charge in [-0.3, -0.25) is 0 Å². The van der Waals surface area contributed by atoms with Crippen molar-refractivity contribution in [2.45, 2.75) is 26.7 Å². The second kappa shape index (κ2) is 12.1. The van der Waals surface area contributed by atoms with Gasteiger partial charge in [0.1, 0.15) is 5.75 Å². The first-order chi connectivity index (χ1) is 18.7. The minimum absolute atomic E-state index is 0.203. The summed E-state index contributed by atoms with van der Waals surface area (Å²) < 4.78 is 5.63. The summed E-state index contributed by atoms with van der Waals surface area (Å²) >= 11 is 0. The number of phenols is 1. The van der Waals surface area contributed by atoms with E-state index in [9.17, 15) is 5.11 Å². The zero-order valence-electron chi connectivity index (χ0n) is 22.3. The van der Waals surface area contributed by atoms with E-state index in [0.29, 0.717) is 5.56 Å². The van der Waals surface area contributed by atoms with E-state index in [1.165, 1.54) is 28.1 Å². The molecular formula is C32H36N4O2. The Morgan fingerprint density at radius 2 is 1.63 bits per heavy atom. The fourth-order valence-electron chi connectivity index (χ4n) is 5.36. The molecule has 0 atom stereocenters. The number of allylic oxidation sites excluding steroid dienone is 2. The van der Waals surface area contributed by atoms with E-state index in [4.69, 9.17) is 4.74 Å². The number of benzene rings is 3. The van der Waals surface area contributed by atoms with Crippen LogP contribution < -0.4 is 4.90 Å². The zero-order chi connectivity index (χ0) is 26.3. The second-order valence-corrected chi connectivity index (χ2v) is 9.62. The van der Waals surface area contributed by atoms with E-state index in [1.54, 1.807) is 12.3 Å². The van der Waals surface area contributed by atoms with Crippen molar-refractivity contribution in [2.24, 2.45) is 10.2 Å². The van der Waals surface area contributed by atoms with Crippen LogP contribution in [0.2, 0.25) is 0 Å². The standard InChI is InChI=1S/C32H36N4O2/c1-3-35(4-2)28-14-9-24(10-15-28)21-26-11-12-27(32(26)36-17-19-38-20-18-36)22-33-34-23-30-29-8-6-5-7-25(29)13-16-31(30)37/h5-10,13-16,21-23,37H,3-4,11-12,17-20H2,1-2H3. The summed E-state index contributed by atoms with van der Waals surface area (Å²) in [6, 6.07) is 20.4. The van der Waals surface area contributed by atoms with Crippen molar-refractivity contribution in [2.75, 3.05) is 44.3 Å². The molecule has 38 heavy (non-hydrogen) atoms. The Hall–Kier alpha value is -3.90. The van der Waals surface area contributed by atoms with Crippen molar-refractivity contribution in [3.63, 3.8) is 0 Å². The highest BCUT2D eigenvalue weighted by atomic mass is 16.5. The maximum Gasteiger partial charge on any atom is 0.125 e. The fraction of sp³-hybridized carbons (Fsp3) is 0.312. The Morgan fingerprint density at radius 1 is 0.895 bits per heavy atom. The van der Waals surface area contributed by atoms with Crippen LogP contribution in [0.1, 0.15) is 37.8 Å². The number of hydrogen-bond donors (Lipinski definition) is 1. The number of ether oxygens (including phenoxy) is 1. The van der Waals surface area contributed by atoms with Gasteiger partial charge in [0.2, 0.25) is 0 Å². The molecule has 196 valence electrons. The molecule has 1 saturated heterocycles. The molecule has 1 N–H and O–H groups in total. The molecule has 1 aliphatic heterocycles. The van der Waals surface area contributed by atoms with E-state index in [2.05, 4.69) is 64.2 Å². The van der Waals surface area contributed by atoms with E-state index in [1.807, 2.05) is 36.5 Å². The monoisotopic (exact) mass is 508 g/mol. The molecule has 0 bridgehead atoms. The summed E-state index contributed by atoms with van der Waals surface area (Å²) in [6.07, 6.45) is 7.74. The topological polar surface area (TPSA) is 60.7 Å². The van der Waals surface area contributed by atoms with Crippen LogP contribution in [-0.4, -0.2) is 61.8 Å². The molecule has 0 amide bonds. The van der Waals surface area contributed by atoms with Gasteiger partial charge < -0.3 is 19.6 Å². The van der Waals surface area contributed by atoms with E-state index in [-0.39, 0.29) is 5.75 Å². The minimum atomic E-state index is 0.203. The molecule has 1 heterocycles. The van der Waals surface area contributed by atoms with Gasteiger partial charge in [0, 0.05) is 43.1 Å². The molecule has 1 aliphatic carbocycles. The fourth-order valence-corrected chi connectivity index (χ4v) is 5.36. The Morgan fingerprint density at radius 3 is 2.39 bits per heavy atom. The van der Waals surface area contributed by atoms with Crippen molar-refractivity contribution in [1.29, 1.82) is 0 Å². The molecule has 0 aromatic heterocycles. The van der Waals surface area contributed by atoms with Crippen LogP contribution in [0.3, 0.4) is 0 Å². The Kier molecular flexibility index (Phi) is 8.19. The largest absolute Gasteiger partial charge is 0.507 e. The van der Waals surface area contributed by atoms with Crippen LogP contribution in [0.4, 0.5) is 5.69 Å². The highest BCUT2D eigenvalue weighted by Crippen LogP contribution is 2.35. The van der Waals surface area contributed by atoms with Gasteiger partial charge in [-0.1, -0.05) is 42.5 Å². The lowest BCUT2D eigenvalue weighted by atomic mass is 10.0. The first kappa shape index (κ1) is 25.7. The van der Waals surface area contributed by atoms with Gasteiger partial charge in [-0.15, -0.1) is 0 Å². The molecule has 0 saturated carbocycles. The van der Waals surface area contributed by atoms with Gasteiger partial charge in [0.25, 0.3) is 0 Å². The predicted molar refractivity (Wildman–Crippen MR) is 158 cm³/mol. The van der Waals surface area contributed by atoms with Crippen LogP contribution in [-0.2, 0) is 4.74 Å². The minimum Gasteiger partial charge on any atom is -0.507 e. The molecule has 1 fully saturated rings. The number of fused-ring (bicyclic) bond motifs is 1.